The van der Waals surface area contributed by atoms with E-state index in [9.17, 15) is 0 Å². The highest BCUT2D eigenvalue weighted by molar-refractivity contribution is 14.1. The van der Waals surface area contributed by atoms with Gasteiger partial charge in [0.2, 0.25) is 0 Å². The predicted molar refractivity (Wildman–Crippen MR) is 87.2 cm³/mol. The Morgan fingerprint density at radius 2 is 2.28 bits per heavy atom. The van der Waals surface area contributed by atoms with Crippen LogP contribution in [0.1, 0.15) is 26.7 Å². The number of rotatable bonds is 3. The van der Waals surface area contributed by atoms with Crippen LogP contribution in [-0.2, 0) is 0 Å². The second-order valence-corrected chi connectivity index (χ2v) is 6.81. The molecule has 1 fully saturated rings. The average molecular weight is 358 g/mol. The Balaban J connectivity index is 2.07. The maximum Gasteiger partial charge on any atom is 0.0377 e. The van der Waals surface area contributed by atoms with E-state index in [-0.39, 0.29) is 0 Å². The van der Waals surface area contributed by atoms with Gasteiger partial charge in [-0.15, -0.1) is 0 Å². The molecule has 0 radical (unpaired) electrons. The lowest BCUT2D eigenvalue weighted by Gasteiger charge is -2.27. The maximum absolute atomic E-state index is 3.68. The van der Waals surface area contributed by atoms with Gasteiger partial charge in [-0.1, -0.05) is 19.9 Å². The summed E-state index contributed by atoms with van der Waals surface area (Å²) in [5.74, 6) is 0.762. The summed E-state index contributed by atoms with van der Waals surface area (Å²) in [6.07, 6.45) is 2.50. The van der Waals surface area contributed by atoms with E-state index < -0.39 is 0 Å². The van der Waals surface area contributed by atoms with Gasteiger partial charge in [-0.3, -0.25) is 0 Å². The monoisotopic (exact) mass is 358 g/mol. The van der Waals surface area contributed by atoms with E-state index in [0.717, 1.165) is 19.0 Å². The van der Waals surface area contributed by atoms with Crippen molar-refractivity contribution >= 4 is 28.3 Å². The first-order valence-electron chi connectivity index (χ1n) is 6.89. The van der Waals surface area contributed by atoms with Gasteiger partial charge in [0.25, 0.3) is 0 Å². The summed E-state index contributed by atoms with van der Waals surface area (Å²) in [6.45, 7) is 8.07. The van der Waals surface area contributed by atoms with Crippen molar-refractivity contribution in [3.8, 4) is 0 Å². The van der Waals surface area contributed by atoms with Crippen LogP contribution in [0.5, 0.6) is 0 Å². The number of nitrogens with one attached hydrogen (secondary N) is 1. The molecule has 0 aromatic heterocycles. The van der Waals surface area contributed by atoms with Crippen LogP contribution in [0.4, 0.5) is 5.69 Å². The van der Waals surface area contributed by atoms with Crippen molar-refractivity contribution in [2.75, 3.05) is 24.5 Å². The van der Waals surface area contributed by atoms with Gasteiger partial charge in [0.05, 0.1) is 0 Å². The highest BCUT2D eigenvalue weighted by Gasteiger charge is 2.18. The molecule has 0 amide bonds. The molecule has 1 atom stereocenters. The molecule has 1 aromatic carbocycles. The molecular formula is C15H23IN2. The van der Waals surface area contributed by atoms with Gasteiger partial charge < -0.3 is 10.2 Å². The fourth-order valence-corrected chi connectivity index (χ4v) is 3.16. The molecule has 100 valence electrons. The van der Waals surface area contributed by atoms with Crippen molar-refractivity contribution in [1.29, 1.82) is 0 Å². The van der Waals surface area contributed by atoms with Crippen LogP contribution < -0.4 is 10.2 Å². The third-order valence-corrected chi connectivity index (χ3v) is 4.08. The molecular weight excluding hydrogens is 335 g/mol. The van der Waals surface area contributed by atoms with Crippen molar-refractivity contribution in [3.05, 3.63) is 27.8 Å². The summed E-state index contributed by atoms with van der Waals surface area (Å²) in [5, 5.41) is 3.68. The average Bonchev–Trinajstić information content (AvgIpc) is 2.54. The van der Waals surface area contributed by atoms with Gasteiger partial charge in [-0.05, 0) is 66.1 Å². The lowest BCUT2D eigenvalue weighted by molar-refractivity contribution is 0.436. The zero-order valence-corrected chi connectivity index (χ0v) is 13.5. The van der Waals surface area contributed by atoms with Gasteiger partial charge in [0.1, 0.15) is 0 Å². The summed E-state index contributed by atoms with van der Waals surface area (Å²) in [6, 6.07) is 9.47. The molecule has 2 rings (SSSR count). The van der Waals surface area contributed by atoms with Gasteiger partial charge in [-0.2, -0.15) is 0 Å². The van der Waals surface area contributed by atoms with E-state index in [1.807, 2.05) is 0 Å². The maximum atomic E-state index is 3.68. The molecule has 2 nitrogen and oxygen atoms in total. The second-order valence-electron chi connectivity index (χ2n) is 5.56. The molecule has 1 heterocycles. The zero-order chi connectivity index (χ0) is 13.0. The Kier molecular flexibility index (Phi) is 5.30. The van der Waals surface area contributed by atoms with Crippen molar-refractivity contribution < 1.29 is 0 Å². The normalized spacial score (nSPS) is 21.1. The molecule has 1 aromatic rings. The van der Waals surface area contributed by atoms with Crippen molar-refractivity contribution in [2.24, 2.45) is 5.92 Å². The van der Waals surface area contributed by atoms with Crippen LogP contribution >= 0.6 is 22.6 Å². The van der Waals surface area contributed by atoms with Crippen LogP contribution in [0.25, 0.3) is 0 Å². The summed E-state index contributed by atoms with van der Waals surface area (Å²) >= 11 is 2.39. The lowest BCUT2D eigenvalue weighted by atomic mass is 10.0. The van der Waals surface area contributed by atoms with E-state index in [0.29, 0.717) is 6.04 Å². The highest BCUT2D eigenvalue weighted by Crippen LogP contribution is 2.20. The molecule has 0 aliphatic carbocycles. The molecule has 0 bridgehead atoms. The first kappa shape index (κ1) is 14.1. The molecule has 1 aliphatic rings. The van der Waals surface area contributed by atoms with Gasteiger partial charge >= 0.3 is 0 Å². The second kappa shape index (κ2) is 6.75. The Morgan fingerprint density at radius 3 is 3.00 bits per heavy atom. The number of nitrogens with zero attached hydrogens (tertiary/aromatic N) is 1. The molecule has 0 spiro atoms. The van der Waals surface area contributed by atoms with Crippen LogP contribution in [0.2, 0.25) is 0 Å². The van der Waals surface area contributed by atoms with Gasteiger partial charge in [0.15, 0.2) is 0 Å². The third-order valence-electron chi connectivity index (χ3n) is 3.41. The summed E-state index contributed by atoms with van der Waals surface area (Å²) in [7, 11) is 0. The molecule has 1 unspecified atom stereocenters. The fourth-order valence-electron chi connectivity index (χ4n) is 2.63. The topological polar surface area (TPSA) is 15.3 Å². The van der Waals surface area contributed by atoms with Crippen molar-refractivity contribution in [3.63, 3.8) is 0 Å². The van der Waals surface area contributed by atoms with Crippen LogP contribution in [0, 0.1) is 9.49 Å². The number of hydrogen-bond donors (Lipinski definition) is 1. The molecule has 1 N–H and O–H groups in total. The molecule has 3 heteroatoms. The van der Waals surface area contributed by atoms with Crippen LogP contribution in [0.3, 0.4) is 0 Å². The summed E-state index contributed by atoms with van der Waals surface area (Å²) in [5.41, 5.74) is 1.37. The van der Waals surface area contributed by atoms with E-state index >= 15 is 0 Å². The number of anilines is 1. The minimum Gasteiger partial charge on any atom is -0.370 e. The van der Waals surface area contributed by atoms with Crippen molar-refractivity contribution in [2.45, 2.75) is 32.7 Å². The van der Waals surface area contributed by atoms with Crippen LogP contribution in [-0.4, -0.2) is 25.7 Å². The van der Waals surface area contributed by atoms with Crippen molar-refractivity contribution in [1.82, 2.24) is 5.32 Å². The number of hydrogen-bond acceptors (Lipinski definition) is 2. The minimum atomic E-state index is 0.630. The molecule has 0 saturated carbocycles. The Labute approximate surface area is 124 Å². The highest BCUT2D eigenvalue weighted by atomic mass is 127. The third kappa shape index (κ3) is 4.12. The smallest absolute Gasteiger partial charge is 0.0377 e. The van der Waals surface area contributed by atoms with E-state index in [2.05, 4.69) is 70.9 Å². The minimum absolute atomic E-state index is 0.630. The van der Waals surface area contributed by atoms with Gasteiger partial charge in [-0.25, -0.2) is 0 Å². The molecule has 1 aliphatic heterocycles. The lowest BCUT2D eigenvalue weighted by Crippen LogP contribution is -2.38. The first-order chi connectivity index (χ1) is 8.65. The number of halogens is 1. The van der Waals surface area contributed by atoms with Gasteiger partial charge in [0, 0.05) is 28.4 Å². The zero-order valence-electron chi connectivity index (χ0n) is 11.3. The van der Waals surface area contributed by atoms with E-state index in [1.54, 1.807) is 0 Å². The predicted octanol–water partition coefficient (Wildman–Crippen LogP) is 3.51. The fraction of sp³-hybridized carbons (Fsp3) is 0.600. The Morgan fingerprint density at radius 1 is 1.44 bits per heavy atom. The van der Waals surface area contributed by atoms with E-state index in [4.69, 9.17) is 0 Å². The summed E-state index contributed by atoms with van der Waals surface area (Å²) in [4.78, 5) is 2.54. The standard InChI is InChI=1S/C15H23IN2/c1-12(2)9-14-11-18(8-4-7-17-14)15-6-3-5-13(16)10-15/h3,5-6,10,12,14,17H,4,7-9,11H2,1-2H3. The van der Waals surface area contributed by atoms with E-state index in [1.165, 1.54) is 28.6 Å². The Hall–Kier alpha value is -0.290. The quantitative estimate of drug-likeness (QED) is 0.832. The molecule has 1 saturated heterocycles. The first-order valence-corrected chi connectivity index (χ1v) is 7.97. The van der Waals surface area contributed by atoms with Crippen LogP contribution in [0.15, 0.2) is 24.3 Å². The summed E-state index contributed by atoms with van der Waals surface area (Å²) < 4.78 is 1.32. The largest absolute Gasteiger partial charge is 0.370 e. The number of benzene rings is 1. The Bertz CT molecular complexity index is 379. The molecule has 18 heavy (non-hydrogen) atoms. The SMILES string of the molecule is CC(C)CC1CN(c2cccc(I)c2)CCCN1.